The molecule has 2 N–H and O–H groups in total. The van der Waals surface area contributed by atoms with E-state index in [-0.39, 0.29) is 11.2 Å². The molecular formula is C11H17NO2S. The number of thioether (sulfide) groups is 1. The van der Waals surface area contributed by atoms with E-state index in [1.807, 2.05) is 13.8 Å². The van der Waals surface area contributed by atoms with Gasteiger partial charge in [-0.05, 0) is 25.7 Å². The molecule has 0 aromatic heterocycles. The molecule has 0 aromatic rings. The van der Waals surface area contributed by atoms with Crippen LogP contribution in [0.2, 0.25) is 0 Å². The summed E-state index contributed by atoms with van der Waals surface area (Å²) in [7, 11) is 0. The maximum absolute atomic E-state index is 11.8. The van der Waals surface area contributed by atoms with Crippen LogP contribution in [0.5, 0.6) is 0 Å². The van der Waals surface area contributed by atoms with Crippen LogP contribution in [-0.4, -0.2) is 28.4 Å². The van der Waals surface area contributed by atoms with Crippen LogP contribution in [0, 0.1) is 0 Å². The van der Waals surface area contributed by atoms with Crippen molar-refractivity contribution in [3.05, 3.63) is 23.1 Å². The van der Waals surface area contributed by atoms with Crippen LogP contribution in [-0.2, 0) is 4.79 Å². The highest BCUT2D eigenvalue weighted by molar-refractivity contribution is 8.04. The largest absolute Gasteiger partial charge is 0.384 e. The summed E-state index contributed by atoms with van der Waals surface area (Å²) in [4.78, 5) is 12.7. The fourth-order valence-corrected chi connectivity index (χ4v) is 2.94. The van der Waals surface area contributed by atoms with Crippen LogP contribution >= 0.6 is 11.8 Å². The molecule has 1 amide bonds. The second-order valence-electron chi connectivity index (χ2n) is 3.84. The number of hydrogen-bond donors (Lipinski definition) is 2. The lowest BCUT2D eigenvalue weighted by atomic mass is 9.92. The van der Waals surface area contributed by atoms with Gasteiger partial charge >= 0.3 is 0 Å². The minimum Gasteiger partial charge on any atom is -0.384 e. The molecule has 0 bridgehead atoms. The smallest absolute Gasteiger partial charge is 0.251 e. The Morgan fingerprint density at radius 1 is 1.80 bits per heavy atom. The van der Waals surface area contributed by atoms with E-state index in [0.29, 0.717) is 12.1 Å². The van der Waals surface area contributed by atoms with Crippen molar-refractivity contribution in [2.45, 2.75) is 31.6 Å². The molecule has 0 fully saturated rings. The first-order valence-corrected chi connectivity index (χ1v) is 5.78. The first-order valence-electron chi connectivity index (χ1n) is 4.90. The second-order valence-corrected chi connectivity index (χ2v) is 5.39. The van der Waals surface area contributed by atoms with Crippen LogP contribution in [0.15, 0.2) is 23.1 Å². The molecule has 15 heavy (non-hydrogen) atoms. The highest BCUT2D eigenvalue weighted by atomic mass is 32.2. The van der Waals surface area contributed by atoms with Gasteiger partial charge in [0.15, 0.2) is 0 Å². The maximum Gasteiger partial charge on any atom is 0.251 e. The van der Waals surface area contributed by atoms with Crippen LogP contribution in [0.3, 0.4) is 0 Å². The van der Waals surface area contributed by atoms with E-state index in [1.165, 1.54) is 0 Å². The quantitative estimate of drug-likeness (QED) is 0.717. The van der Waals surface area contributed by atoms with Crippen LogP contribution in [0.4, 0.5) is 0 Å². The van der Waals surface area contributed by atoms with Gasteiger partial charge in [-0.15, -0.1) is 18.3 Å². The average molecular weight is 227 g/mol. The molecule has 0 spiro atoms. The lowest BCUT2D eigenvalue weighted by molar-refractivity contribution is -0.119. The number of carbonyl (C=O) groups excluding carboxylic acids is 1. The Labute approximate surface area is 94.6 Å². The third kappa shape index (κ3) is 2.26. The lowest BCUT2D eigenvalue weighted by Crippen LogP contribution is -2.41. The van der Waals surface area contributed by atoms with Crippen molar-refractivity contribution in [2.75, 3.05) is 6.54 Å². The molecule has 2 atom stereocenters. The molecule has 1 heterocycles. The Kier molecular flexibility index (Phi) is 3.62. The number of rotatable bonds is 3. The Hall–Kier alpha value is -0.740. The van der Waals surface area contributed by atoms with Crippen molar-refractivity contribution in [2.24, 2.45) is 0 Å². The first kappa shape index (κ1) is 12.3. The zero-order chi connectivity index (χ0) is 11.6. The van der Waals surface area contributed by atoms with Gasteiger partial charge in [-0.3, -0.25) is 4.79 Å². The van der Waals surface area contributed by atoms with E-state index in [1.54, 1.807) is 24.8 Å². The van der Waals surface area contributed by atoms with Crippen LogP contribution in [0.25, 0.3) is 0 Å². The van der Waals surface area contributed by atoms with Crippen molar-refractivity contribution in [1.29, 1.82) is 0 Å². The summed E-state index contributed by atoms with van der Waals surface area (Å²) in [6, 6.07) is 0. The van der Waals surface area contributed by atoms with Gasteiger partial charge in [0.2, 0.25) is 0 Å². The summed E-state index contributed by atoms with van der Waals surface area (Å²) in [5, 5.41) is 12.9. The van der Waals surface area contributed by atoms with E-state index in [9.17, 15) is 9.90 Å². The van der Waals surface area contributed by atoms with Crippen molar-refractivity contribution in [3.8, 4) is 0 Å². The van der Waals surface area contributed by atoms with E-state index in [4.69, 9.17) is 0 Å². The standard InChI is InChI=1S/C11H17NO2S/c1-5-6-12-10(13)9-7(2)15-8(3)11(9,4)14/h5,8,14H,1,6H2,2-4H3,(H,12,13). The molecule has 3 nitrogen and oxygen atoms in total. The molecule has 84 valence electrons. The fourth-order valence-electron chi connectivity index (χ4n) is 1.64. The minimum atomic E-state index is -1.04. The molecule has 1 rings (SSSR count). The predicted octanol–water partition coefficient (Wildman–Crippen LogP) is 1.45. The average Bonchev–Trinajstić information content (AvgIpc) is 2.33. The van der Waals surface area contributed by atoms with Gasteiger partial charge < -0.3 is 10.4 Å². The summed E-state index contributed by atoms with van der Waals surface area (Å²) < 4.78 is 0. The number of amides is 1. The SMILES string of the molecule is C=CCNC(=O)C1=C(C)SC(C)C1(C)O. The van der Waals surface area contributed by atoms with E-state index < -0.39 is 5.60 Å². The van der Waals surface area contributed by atoms with E-state index in [0.717, 1.165) is 4.91 Å². The number of allylic oxidation sites excluding steroid dienone is 1. The summed E-state index contributed by atoms with van der Waals surface area (Å²) in [6.07, 6.45) is 1.62. The third-order valence-electron chi connectivity index (χ3n) is 2.64. The fraction of sp³-hybridized carbons (Fsp3) is 0.545. The molecular weight excluding hydrogens is 210 g/mol. The molecule has 0 saturated carbocycles. The van der Waals surface area contributed by atoms with Gasteiger partial charge in [-0.1, -0.05) is 6.08 Å². The van der Waals surface area contributed by atoms with Gasteiger partial charge in [-0.2, -0.15) is 0 Å². The summed E-state index contributed by atoms with van der Waals surface area (Å²) in [6.45, 7) is 9.42. The molecule has 1 aliphatic rings. The highest BCUT2D eigenvalue weighted by Crippen LogP contribution is 2.44. The zero-order valence-corrected chi connectivity index (χ0v) is 10.1. The number of hydrogen-bond acceptors (Lipinski definition) is 3. The summed E-state index contributed by atoms with van der Waals surface area (Å²) in [5.74, 6) is -0.200. The number of carbonyl (C=O) groups is 1. The van der Waals surface area contributed by atoms with Gasteiger partial charge in [-0.25, -0.2) is 0 Å². The van der Waals surface area contributed by atoms with Crippen LogP contribution in [0.1, 0.15) is 20.8 Å². The third-order valence-corrected chi connectivity index (χ3v) is 4.01. The molecule has 0 aromatic carbocycles. The Balaban J connectivity index is 2.88. The molecule has 0 radical (unpaired) electrons. The van der Waals surface area contributed by atoms with Crippen LogP contribution < -0.4 is 5.32 Å². The molecule has 1 aliphatic heterocycles. The normalized spacial score (nSPS) is 30.5. The van der Waals surface area contributed by atoms with Gasteiger partial charge in [0.1, 0.15) is 5.60 Å². The van der Waals surface area contributed by atoms with E-state index >= 15 is 0 Å². The zero-order valence-electron chi connectivity index (χ0n) is 9.33. The van der Waals surface area contributed by atoms with Gasteiger partial charge in [0.25, 0.3) is 5.91 Å². The second kappa shape index (κ2) is 4.41. The Morgan fingerprint density at radius 2 is 2.40 bits per heavy atom. The minimum absolute atomic E-state index is 0.0157. The van der Waals surface area contributed by atoms with Gasteiger partial charge in [0.05, 0.1) is 5.57 Å². The molecule has 2 unspecified atom stereocenters. The molecule has 0 aliphatic carbocycles. The summed E-state index contributed by atoms with van der Waals surface area (Å²) >= 11 is 1.54. The molecule has 0 saturated heterocycles. The highest BCUT2D eigenvalue weighted by Gasteiger charge is 2.43. The Morgan fingerprint density at radius 3 is 2.80 bits per heavy atom. The van der Waals surface area contributed by atoms with Crippen molar-refractivity contribution < 1.29 is 9.90 Å². The first-order chi connectivity index (χ1) is 6.91. The molecule has 4 heteroatoms. The summed E-state index contributed by atoms with van der Waals surface area (Å²) in [5.41, 5.74) is -0.554. The van der Waals surface area contributed by atoms with E-state index in [2.05, 4.69) is 11.9 Å². The van der Waals surface area contributed by atoms with Gasteiger partial charge in [0, 0.05) is 11.8 Å². The maximum atomic E-state index is 11.8. The Bertz CT molecular complexity index is 321. The monoisotopic (exact) mass is 227 g/mol. The number of nitrogens with one attached hydrogen (secondary N) is 1. The predicted molar refractivity (Wildman–Crippen MR) is 63.6 cm³/mol. The van der Waals surface area contributed by atoms with Crippen molar-refractivity contribution >= 4 is 17.7 Å². The van der Waals surface area contributed by atoms with Crippen molar-refractivity contribution in [3.63, 3.8) is 0 Å². The lowest BCUT2D eigenvalue weighted by Gasteiger charge is -2.24. The topological polar surface area (TPSA) is 49.3 Å². The number of aliphatic hydroxyl groups is 1. The van der Waals surface area contributed by atoms with Crippen molar-refractivity contribution in [1.82, 2.24) is 5.32 Å².